The van der Waals surface area contributed by atoms with Crippen molar-refractivity contribution in [3.63, 3.8) is 0 Å². The van der Waals surface area contributed by atoms with Crippen LogP contribution in [0.25, 0.3) is 10.8 Å². The number of methoxy groups -OCH3 is 1. The smallest absolute Gasteiger partial charge is 0.338 e. The van der Waals surface area contributed by atoms with Crippen molar-refractivity contribution in [3.8, 4) is 0 Å². The highest BCUT2D eigenvalue weighted by Crippen LogP contribution is 2.22. The molecular weight excluding hydrogens is 302 g/mol. The van der Waals surface area contributed by atoms with Crippen LogP contribution in [0.5, 0.6) is 0 Å². The Bertz CT molecular complexity index is 914. The highest BCUT2D eigenvalue weighted by atomic mass is 16.5. The van der Waals surface area contributed by atoms with E-state index in [1.807, 2.05) is 55.5 Å². The molecule has 1 amide bonds. The van der Waals surface area contributed by atoms with Gasteiger partial charge >= 0.3 is 5.97 Å². The van der Waals surface area contributed by atoms with E-state index in [4.69, 9.17) is 4.74 Å². The Labute approximate surface area is 140 Å². The average Bonchev–Trinajstić information content (AvgIpc) is 2.61. The summed E-state index contributed by atoms with van der Waals surface area (Å²) in [6.07, 6.45) is 0. The predicted molar refractivity (Wildman–Crippen MR) is 94.4 cm³/mol. The molecule has 0 aliphatic rings. The minimum absolute atomic E-state index is 0.251. The SMILES string of the molecule is COC(=O)c1cc2ccccc2cc1C(=O)Nc1ccc(C)cc1. The molecule has 3 aromatic carbocycles. The van der Waals surface area contributed by atoms with E-state index in [0.29, 0.717) is 11.3 Å². The second kappa shape index (κ2) is 6.54. The molecule has 4 nitrogen and oxygen atoms in total. The van der Waals surface area contributed by atoms with Crippen LogP contribution in [0, 0.1) is 6.92 Å². The number of fused-ring (bicyclic) bond motifs is 1. The van der Waals surface area contributed by atoms with E-state index in [1.165, 1.54) is 7.11 Å². The lowest BCUT2D eigenvalue weighted by Crippen LogP contribution is -2.17. The monoisotopic (exact) mass is 319 g/mol. The van der Waals surface area contributed by atoms with Crippen LogP contribution in [0.2, 0.25) is 0 Å². The van der Waals surface area contributed by atoms with E-state index >= 15 is 0 Å². The zero-order valence-electron chi connectivity index (χ0n) is 13.5. The summed E-state index contributed by atoms with van der Waals surface area (Å²) >= 11 is 0. The summed E-state index contributed by atoms with van der Waals surface area (Å²) in [7, 11) is 1.30. The minimum atomic E-state index is -0.533. The molecule has 0 aliphatic carbocycles. The van der Waals surface area contributed by atoms with Crippen LogP contribution in [0.3, 0.4) is 0 Å². The molecule has 3 rings (SSSR count). The molecule has 0 saturated heterocycles. The lowest BCUT2D eigenvalue weighted by atomic mass is 10.00. The van der Waals surface area contributed by atoms with Gasteiger partial charge in [-0.2, -0.15) is 0 Å². The van der Waals surface area contributed by atoms with Crippen LogP contribution in [0.1, 0.15) is 26.3 Å². The van der Waals surface area contributed by atoms with Gasteiger partial charge < -0.3 is 10.1 Å². The van der Waals surface area contributed by atoms with Gasteiger partial charge in [-0.1, -0.05) is 42.0 Å². The van der Waals surface area contributed by atoms with Crippen LogP contribution < -0.4 is 5.32 Å². The molecule has 0 radical (unpaired) electrons. The third-order valence-electron chi connectivity index (χ3n) is 3.85. The zero-order valence-corrected chi connectivity index (χ0v) is 13.5. The normalized spacial score (nSPS) is 10.4. The lowest BCUT2D eigenvalue weighted by molar-refractivity contribution is 0.0597. The predicted octanol–water partition coefficient (Wildman–Crippen LogP) is 4.19. The number of aryl methyl sites for hydroxylation is 1. The summed E-state index contributed by atoms with van der Waals surface area (Å²) in [5.74, 6) is -0.875. The van der Waals surface area contributed by atoms with E-state index in [9.17, 15) is 9.59 Å². The Kier molecular flexibility index (Phi) is 4.29. The standard InChI is InChI=1S/C20H17NO3/c1-13-7-9-16(10-8-13)21-19(22)17-11-14-5-3-4-6-15(14)12-18(17)20(23)24-2/h3-12H,1-2H3,(H,21,22). The minimum Gasteiger partial charge on any atom is -0.465 e. The molecule has 24 heavy (non-hydrogen) atoms. The number of amides is 1. The largest absolute Gasteiger partial charge is 0.465 e. The van der Waals surface area contributed by atoms with Gasteiger partial charge in [-0.3, -0.25) is 4.79 Å². The molecule has 0 unspecified atom stereocenters. The van der Waals surface area contributed by atoms with Crippen molar-refractivity contribution in [2.75, 3.05) is 12.4 Å². The molecule has 1 N–H and O–H groups in total. The molecule has 0 aliphatic heterocycles. The van der Waals surface area contributed by atoms with Crippen LogP contribution in [0.4, 0.5) is 5.69 Å². The number of esters is 1. The van der Waals surface area contributed by atoms with E-state index in [2.05, 4.69) is 5.32 Å². The molecule has 0 aromatic heterocycles. The van der Waals surface area contributed by atoms with E-state index in [0.717, 1.165) is 16.3 Å². The van der Waals surface area contributed by atoms with Crippen LogP contribution in [0.15, 0.2) is 60.7 Å². The Hall–Kier alpha value is -3.14. The van der Waals surface area contributed by atoms with Gasteiger partial charge in [0.1, 0.15) is 0 Å². The maximum atomic E-state index is 12.7. The summed E-state index contributed by atoms with van der Waals surface area (Å²) in [5.41, 5.74) is 2.32. The third-order valence-corrected chi connectivity index (χ3v) is 3.85. The highest BCUT2D eigenvalue weighted by molar-refractivity contribution is 6.13. The van der Waals surface area contributed by atoms with Crippen LogP contribution in [-0.4, -0.2) is 19.0 Å². The van der Waals surface area contributed by atoms with Crippen molar-refractivity contribution >= 4 is 28.3 Å². The van der Waals surface area contributed by atoms with Gasteiger partial charge in [-0.25, -0.2) is 4.79 Å². The van der Waals surface area contributed by atoms with Crippen LogP contribution in [-0.2, 0) is 4.74 Å². The summed E-state index contributed by atoms with van der Waals surface area (Å²) in [4.78, 5) is 24.7. The van der Waals surface area contributed by atoms with Gasteiger partial charge in [-0.05, 0) is 42.0 Å². The fourth-order valence-corrected chi connectivity index (χ4v) is 2.54. The van der Waals surface area contributed by atoms with Crippen molar-refractivity contribution in [1.82, 2.24) is 0 Å². The number of hydrogen-bond acceptors (Lipinski definition) is 3. The van der Waals surface area contributed by atoms with Crippen molar-refractivity contribution in [2.45, 2.75) is 6.92 Å². The number of carbonyl (C=O) groups excluding carboxylic acids is 2. The molecule has 120 valence electrons. The Morgan fingerprint density at radius 2 is 1.46 bits per heavy atom. The van der Waals surface area contributed by atoms with Crippen molar-refractivity contribution < 1.29 is 14.3 Å². The van der Waals surface area contributed by atoms with Gasteiger partial charge in [0.15, 0.2) is 0 Å². The molecule has 0 spiro atoms. The summed E-state index contributed by atoms with van der Waals surface area (Å²) < 4.78 is 4.82. The molecule has 0 saturated carbocycles. The Balaban J connectivity index is 2.03. The number of nitrogens with one attached hydrogen (secondary N) is 1. The lowest BCUT2D eigenvalue weighted by Gasteiger charge is -2.11. The fraction of sp³-hybridized carbons (Fsp3) is 0.100. The van der Waals surface area contributed by atoms with E-state index in [-0.39, 0.29) is 11.5 Å². The van der Waals surface area contributed by atoms with Gasteiger partial charge in [0, 0.05) is 5.69 Å². The second-order valence-electron chi connectivity index (χ2n) is 5.56. The zero-order chi connectivity index (χ0) is 17.1. The average molecular weight is 319 g/mol. The summed E-state index contributed by atoms with van der Waals surface area (Å²) in [5, 5.41) is 4.59. The topological polar surface area (TPSA) is 55.4 Å². The van der Waals surface area contributed by atoms with Crippen molar-refractivity contribution in [1.29, 1.82) is 0 Å². The molecule has 0 atom stereocenters. The molecule has 3 aromatic rings. The Morgan fingerprint density at radius 3 is 2.04 bits per heavy atom. The molecule has 0 bridgehead atoms. The second-order valence-corrected chi connectivity index (χ2v) is 5.56. The molecule has 0 fully saturated rings. The Morgan fingerprint density at radius 1 is 0.875 bits per heavy atom. The van der Waals surface area contributed by atoms with E-state index < -0.39 is 5.97 Å². The van der Waals surface area contributed by atoms with Gasteiger partial charge in [0.2, 0.25) is 0 Å². The van der Waals surface area contributed by atoms with Gasteiger partial charge in [0.25, 0.3) is 5.91 Å². The number of benzene rings is 3. The first-order valence-electron chi connectivity index (χ1n) is 7.57. The molecular formula is C20H17NO3. The quantitative estimate of drug-likeness (QED) is 0.737. The number of anilines is 1. The highest BCUT2D eigenvalue weighted by Gasteiger charge is 2.19. The van der Waals surface area contributed by atoms with E-state index in [1.54, 1.807) is 12.1 Å². The van der Waals surface area contributed by atoms with Gasteiger partial charge in [0.05, 0.1) is 18.2 Å². The van der Waals surface area contributed by atoms with Crippen molar-refractivity contribution in [3.05, 3.63) is 77.4 Å². The molecule has 0 heterocycles. The number of rotatable bonds is 3. The number of hydrogen-bond donors (Lipinski definition) is 1. The third kappa shape index (κ3) is 3.13. The first-order valence-corrected chi connectivity index (χ1v) is 7.57. The van der Waals surface area contributed by atoms with Crippen molar-refractivity contribution in [2.24, 2.45) is 0 Å². The maximum Gasteiger partial charge on any atom is 0.338 e. The summed E-state index contributed by atoms with van der Waals surface area (Å²) in [6, 6.07) is 18.4. The first kappa shape index (κ1) is 15.7. The number of ether oxygens (including phenoxy) is 1. The first-order chi connectivity index (χ1) is 11.6. The van der Waals surface area contributed by atoms with Crippen LogP contribution >= 0.6 is 0 Å². The molecule has 4 heteroatoms. The van der Waals surface area contributed by atoms with Gasteiger partial charge in [-0.15, -0.1) is 0 Å². The summed E-state index contributed by atoms with van der Waals surface area (Å²) in [6.45, 7) is 1.98. The maximum absolute atomic E-state index is 12.7. The fourth-order valence-electron chi connectivity index (χ4n) is 2.54. The number of carbonyl (C=O) groups is 2.